The van der Waals surface area contributed by atoms with Gasteiger partial charge >= 0.3 is 24.8 Å². The first kappa shape index (κ1) is 13.1. The van der Waals surface area contributed by atoms with Gasteiger partial charge in [0.2, 0.25) is 0 Å². The van der Waals surface area contributed by atoms with E-state index in [1.807, 2.05) is 6.92 Å². The van der Waals surface area contributed by atoms with Gasteiger partial charge in [0.1, 0.15) is 6.10 Å². The van der Waals surface area contributed by atoms with E-state index in [1.165, 1.54) is 19.3 Å². The number of carbonyl (C=O) groups is 1. The molecule has 0 radical (unpaired) electrons. The van der Waals surface area contributed by atoms with Gasteiger partial charge in [0.05, 0.1) is 0 Å². The van der Waals surface area contributed by atoms with Gasteiger partial charge in [0.25, 0.3) is 0 Å². The van der Waals surface area contributed by atoms with E-state index in [2.05, 4.69) is 0 Å². The van der Waals surface area contributed by atoms with Gasteiger partial charge in [-0.05, 0) is 32.1 Å². The molecule has 0 spiro atoms. The second kappa shape index (κ2) is 7.47. The summed E-state index contributed by atoms with van der Waals surface area (Å²) in [4.78, 5) is 11.1. The molecule has 1 rings (SSSR count). The summed E-state index contributed by atoms with van der Waals surface area (Å²) in [6, 6.07) is 0. The Labute approximate surface area is 94.1 Å². The fourth-order valence-electron chi connectivity index (χ4n) is 1.63. The zero-order valence-electron chi connectivity index (χ0n) is 9.84. The van der Waals surface area contributed by atoms with Crippen LogP contribution in [0.2, 0.25) is 0 Å². The van der Waals surface area contributed by atoms with E-state index in [0.29, 0.717) is 6.42 Å². The summed E-state index contributed by atoms with van der Waals surface area (Å²) in [7, 11) is 0. The maximum Gasteiger partial charge on any atom is 1.00 e. The molecule has 0 bridgehead atoms. The third kappa shape index (κ3) is 5.39. The van der Waals surface area contributed by atoms with Crippen molar-refractivity contribution in [2.45, 2.75) is 58.0 Å². The van der Waals surface area contributed by atoms with Gasteiger partial charge in [0, 0.05) is 6.42 Å². The quantitative estimate of drug-likeness (QED) is 0.441. The Morgan fingerprint density at radius 2 is 2.00 bits per heavy atom. The number of esters is 1. The van der Waals surface area contributed by atoms with Crippen LogP contribution in [0.4, 0.5) is 0 Å². The fourth-order valence-corrected chi connectivity index (χ4v) is 1.63. The van der Waals surface area contributed by atoms with Crippen LogP contribution in [0.15, 0.2) is 0 Å². The summed E-state index contributed by atoms with van der Waals surface area (Å²) < 4.78 is 5.29. The summed E-state index contributed by atoms with van der Waals surface area (Å²) in [5.41, 5.74) is 0. The molecule has 0 unspecified atom stereocenters. The molecule has 0 saturated heterocycles. The van der Waals surface area contributed by atoms with Gasteiger partial charge in [-0.3, -0.25) is 4.79 Å². The Morgan fingerprint density at radius 1 is 1.38 bits per heavy atom. The fraction of sp³-hybridized carbons (Fsp3) is 0.900. The Morgan fingerprint density at radius 3 is 2.54 bits per heavy atom. The Bertz CT molecular complexity index is 147. The number of ether oxygens (including phenoxy) is 1. The summed E-state index contributed by atoms with van der Waals surface area (Å²) in [6.45, 7) is 2.00. The van der Waals surface area contributed by atoms with E-state index in [9.17, 15) is 4.79 Å². The number of carbonyl (C=O) groups excluding carboxylic acids is 1. The van der Waals surface area contributed by atoms with Crippen LogP contribution >= 0.6 is 0 Å². The average Bonchev–Trinajstić information content (AvgIpc) is 2.06. The van der Waals surface area contributed by atoms with Gasteiger partial charge in [-0.1, -0.05) is 13.3 Å². The molecule has 0 atom stereocenters. The molecule has 13 heavy (non-hydrogen) atoms. The molecule has 0 aromatic rings. The Hall–Kier alpha value is 0.0674. The van der Waals surface area contributed by atoms with E-state index in [4.69, 9.17) is 4.74 Å². The topological polar surface area (TPSA) is 26.3 Å². The normalized spacial score (nSPS) is 17.6. The summed E-state index contributed by atoms with van der Waals surface area (Å²) in [6.07, 6.45) is 7.63. The van der Waals surface area contributed by atoms with Crippen molar-refractivity contribution in [1.29, 1.82) is 0 Å². The van der Waals surface area contributed by atoms with Gasteiger partial charge in [-0.15, -0.1) is 0 Å². The van der Waals surface area contributed by atoms with Crippen LogP contribution in [0, 0.1) is 0 Å². The standard InChI is InChI=1S/C10H18O2.Li.H/c1-2-6-10(11)12-9-7-4-3-5-8-9;;/h9H,2-8H2,1H3;;/q;+1;-1. The van der Waals surface area contributed by atoms with Crippen LogP contribution in [0.5, 0.6) is 0 Å². The molecule has 0 aliphatic heterocycles. The zero-order valence-corrected chi connectivity index (χ0v) is 8.84. The van der Waals surface area contributed by atoms with Crippen molar-refractivity contribution >= 4 is 5.97 Å². The second-order valence-corrected chi connectivity index (χ2v) is 3.50. The van der Waals surface area contributed by atoms with Crippen LogP contribution in [-0.2, 0) is 9.53 Å². The van der Waals surface area contributed by atoms with Crippen LogP contribution in [0.25, 0.3) is 0 Å². The molecule has 72 valence electrons. The second-order valence-electron chi connectivity index (χ2n) is 3.50. The predicted octanol–water partition coefficient (Wildman–Crippen LogP) is -0.221. The Kier molecular flexibility index (Phi) is 7.51. The molecule has 0 heterocycles. The smallest absolute Gasteiger partial charge is 1.00 e. The number of hydrogen-bond donors (Lipinski definition) is 0. The van der Waals surface area contributed by atoms with Gasteiger partial charge in [-0.25, -0.2) is 0 Å². The van der Waals surface area contributed by atoms with Crippen LogP contribution in [0.1, 0.15) is 53.3 Å². The molecule has 1 saturated carbocycles. The van der Waals surface area contributed by atoms with Crippen molar-refractivity contribution in [3.8, 4) is 0 Å². The first-order valence-electron chi connectivity index (χ1n) is 5.02. The van der Waals surface area contributed by atoms with Gasteiger partial charge in [-0.2, -0.15) is 0 Å². The van der Waals surface area contributed by atoms with Crippen LogP contribution < -0.4 is 18.9 Å². The largest absolute Gasteiger partial charge is 1.00 e. The van der Waals surface area contributed by atoms with Crippen LogP contribution in [-0.4, -0.2) is 12.1 Å². The average molecular weight is 178 g/mol. The maximum absolute atomic E-state index is 11.1. The van der Waals surface area contributed by atoms with Gasteiger partial charge < -0.3 is 6.16 Å². The van der Waals surface area contributed by atoms with Crippen molar-refractivity contribution < 1.29 is 29.8 Å². The zero-order chi connectivity index (χ0) is 8.81. The van der Waals surface area contributed by atoms with Crippen molar-refractivity contribution in [1.82, 2.24) is 0 Å². The third-order valence-corrected chi connectivity index (χ3v) is 2.30. The Balaban J connectivity index is 0. The molecule has 0 amide bonds. The van der Waals surface area contributed by atoms with E-state index in [-0.39, 0.29) is 32.4 Å². The molecular formula is C10H19LiO2. The number of rotatable bonds is 3. The summed E-state index contributed by atoms with van der Waals surface area (Å²) in [5.74, 6) is -0.00981. The van der Waals surface area contributed by atoms with Gasteiger partial charge in [0.15, 0.2) is 0 Å². The predicted molar refractivity (Wildman–Crippen MR) is 49.0 cm³/mol. The minimum absolute atomic E-state index is 0. The van der Waals surface area contributed by atoms with E-state index >= 15 is 0 Å². The number of hydrogen-bond acceptors (Lipinski definition) is 2. The van der Waals surface area contributed by atoms with Crippen molar-refractivity contribution in [3.63, 3.8) is 0 Å². The molecule has 1 aliphatic carbocycles. The maximum atomic E-state index is 11.1. The van der Waals surface area contributed by atoms with E-state index < -0.39 is 0 Å². The molecule has 0 N–H and O–H groups in total. The molecule has 0 aromatic carbocycles. The third-order valence-electron chi connectivity index (χ3n) is 2.30. The van der Waals surface area contributed by atoms with Crippen molar-refractivity contribution in [2.24, 2.45) is 0 Å². The van der Waals surface area contributed by atoms with E-state index in [0.717, 1.165) is 19.3 Å². The summed E-state index contributed by atoms with van der Waals surface area (Å²) in [5, 5.41) is 0. The van der Waals surface area contributed by atoms with Crippen LogP contribution in [0.3, 0.4) is 0 Å². The summed E-state index contributed by atoms with van der Waals surface area (Å²) >= 11 is 0. The minimum Gasteiger partial charge on any atom is -1.00 e. The molecule has 1 aliphatic rings. The first-order valence-corrected chi connectivity index (χ1v) is 5.02. The minimum atomic E-state index is -0.00981. The molecule has 0 aromatic heterocycles. The first-order chi connectivity index (χ1) is 5.83. The monoisotopic (exact) mass is 178 g/mol. The molecule has 1 fully saturated rings. The molecule has 3 heteroatoms. The molecule has 2 nitrogen and oxygen atoms in total. The van der Waals surface area contributed by atoms with Crippen molar-refractivity contribution in [2.75, 3.05) is 0 Å². The van der Waals surface area contributed by atoms with Crippen molar-refractivity contribution in [3.05, 3.63) is 0 Å². The van der Waals surface area contributed by atoms with E-state index in [1.54, 1.807) is 0 Å². The molecular weight excluding hydrogens is 159 g/mol. The SMILES string of the molecule is CCCC(=O)OC1CCCCC1.[H-].[Li+].